The SMILES string of the molecule is CCCNc1cccc(Sc2ccncc2)n1. The fourth-order valence-corrected chi connectivity index (χ4v) is 2.14. The van der Waals surface area contributed by atoms with Gasteiger partial charge >= 0.3 is 0 Å². The highest BCUT2D eigenvalue weighted by molar-refractivity contribution is 7.99. The third kappa shape index (κ3) is 3.75. The van der Waals surface area contributed by atoms with Crippen molar-refractivity contribution >= 4 is 17.6 Å². The van der Waals surface area contributed by atoms with E-state index < -0.39 is 0 Å². The van der Waals surface area contributed by atoms with Gasteiger partial charge in [-0.1, -0.05) is 24.8 Å². The van der Waals surface area contributed by atoms with Crippen molar-refractivity contribution in [1.29, 1.82) is 0 Å². The first-order valence-corrected chi connectivity index (χ1v) is 6.49. The second-order valence-corrected chi connectivity index (χ2v) is 4.67. The molecule has 0 aliphatic heterocycles. The lowest BCUT2D eigenvalue weighted by Crippen LogP contribution is -2.01. The lowest BCUT2D eigenvalue weighted by molar-refractivity contribution is 0.960. The largest absolute Gasteiger partial charge is 0.370 e. The van der Waals surface area contributed by atoms with Crippen molar-refractivity contribution in [3.8, 4) is 0 Å². The van der Waals surface area contributed by atoms with E-state index in [1.807, 2.05) is 30.3 Å². The molecule has 0 aromatic carbocycles. The summed E-state index contributed by atoms with van der Waals surface area (Å²) in [4.78, 5) is 9.69. The molecule has 0 spiro atoms. The molecule has 17 heavy (non-hydrogen) atoms. The van der Waals surface area contributed by atoms with E-state index in [1.54, 1.807) is 24.2 Å². The molecular weight excluding hydrogens is 230 g/mol. The molecule has 0 bridgehead atoms. The highest BCUT2D eigenvalue weighted by Crippen LogP contribution is 2.25. The quantitative estimate of drug-likeness (QED) is 0.875. The molecule has 2 aromatic heterocycles. The molecule has 0 amide bonds. The Morgan fingerprint density at radius 2 is 2.00 bits per heavy atom. The average molecular weight is 245 g/mol. The van der Waals surface area contributed by atoms with Crippen LogP contribution in [0.15, 0.2) is 52.6 Å². The van der Waals surface area contributed by atoms with Crippen LogP contribution in [0.1, 0.15) is 13.3 Å². The average Bonchev–Trinajstić information content (AvgIpc) is 2.38. The van der Waals surface area contributed by atoms with Gasteiger partial charge in [0.25, 0.3) is 0 Å². The maximum atomic E-state index is 4.54. The van der Waals surface area contributed by atoms with Crippen molar-refractivity contribution in [2.24, 2.45) is 0 Å². The van der Waals surface area contributed by atoms with Crippen molar-refractivity contribution in [1.82, 2.24) is 9.97 Å². The normalized spacial score (nSPS) is 10.2. The van der Waals surface area contributed by atoms with Gasteiger partial charge in [-0.25, -0.2) is 4.98 Å². The molecule has 2 aromatic rings. The monoisotopic (exact) mass is 245 g/mol. The lowest BCUT2D eigenvalue weighted by Gasteiger charge is -2.05. The van der Waals surface area contributed by atoms with Gasteiger partial charge in [0.15, 0.2) is 0 Å². The molecule has 0 unspecified atom stereocenters. The van der Waals surface area contributed by atoms with Crippen LogP contribution in [0.4, 0.5) is 5.82 Å². The Hall–Kier alpha value is -1.55. The first-order chi connectivity index (χ1) is 8.38. The van der Waals surface area contributed by atoms with Gasteiger partial charge in [0, 0.05) is 23.8 Å². The van der Waals surface area contributed by atoms with Crippen LogP contribution in [0.3, 0.4) is 0 Å². The molecule has 0 aliphatic rings. The Labute approximate surface area is 106 Å². The number of anilines is 1. The first kappa shape index (κ1) is 11.9. The number of hydrogen-bond acceptors (Lipinski definition) is 4. The maximum absolute atomic E-state index is 4.54. The summed E-state index contributed by atoms with van der Waals surface area (Å²) in [6.07, 6.45) is 4.69. The van der Waals surface area contributed by atoms with E-state index in [9.17, 15) is 0 Å². The number of rotatable bonds is 5. The minimum Gasteiger partial charge on any atom is -0.370 e. The first-order valence-electron chi connectivity index (χ1n) is 5.67. The van der Waals surface area contributed by atoms with Crippen molar-refractivity contribution in [2.75, 3.05) is 11.9 Å². The second kappa shape index (κ2) is 6.25. The van der Waals surface area contributed by atoms with Gasteiger partial charge in [0.05, 0.1) is 0 Å². The van der Waals surface area contributed by atoms with Crippen LogP contribution < -0.4 is 5.32 Å². The Balaban J connectivity index is 2.06. The number of nitrogens with zero attached hydrogens (tertiary/aromatic N) is 2. The van der Waals surface area contributed by atoms with Crippen molar-refractivity contribution < 1.29 is 0 Å². The molecule has 3 nitrogen and oxygen atoms in total. The van der Waals surface area contributed by atoms with E-state index in [1.165, 1.54) is 0 Å². The third-order valence-corrected chi connectivity index (χ3v) is 3.10. The zero-order valence-corrected chi connectivity index (χ0v) is 10.6. The van der Waals surface area contributed by atoms with E-state index in [-0.39, 0.29) is 0 Å². The topological polar surface area (TPSA) is 37.8 Å². The van der Waals surface area contributed by atoms with Crippen LogP contribution in [-0.4, -0.2) is 16.5 Å². The zero-order chi connectivity index (χ0) is 11.9. The van der Waals surface area contributed by atoms with E-state index in [4.69, 9.17) is 0 Å². The fourth-order valence-electron chi connectivity index (χ4n) is 1.35. The van der Waals surface area contributed by atoms with Gasteiger partial charge in [0.2, 0.25) is 0 Å². The van der Waals surface area contributed by atoms with Crippen LogP contribution in [0, 0.1) is 0 Å². The molecule has 88 valence electrons. The molecule has 0 atom stereocenters. The molecule has 0 radical (unpaired) electrons. The third-order valence-electron chi connectivity index (χ3n) is 2.15. The molecule has 4 heteroatoms. The molecular formula is C13H15N3S. The van der Waals surface area contributed by atoms with Gasteiger partial charge in [-0.05, 0) is 30.7 Å². The lowest BCUT2D eigenvalue weighted by atomic mass is 10.4. The number of hydrogen-bond donors (Lipinski definition) is 1. The summed E-state index contributed by atoms with van der Waals surface area (Å²) in [6, 6.07) is 10.00. The second-order valence-electron chi connectivity index (χ2n) is 3.57. The highest BCUT2D eigenvalue weighted by Gasteiger charge is 1.99. The van der Waals surface area contributed by atoms with Gasteiger partial charge < -0.3 is 5.32 Å². The van der Waals surface area contributed by atoms with Crippen LogP contribution in [0.2, 0.25) is 0 Å². The molecule has 0 aliphatic carbocycles. The Bertz CT molecular complexity index is 459. The van der Waals surface area contributed by atoms with Crippen molar-refractivity contribution in [3.05, 3.63) is 42.7 Å². The molecule has 0 fully saturated rings. The van der Waals surface area contributed by atoms with E-state index in [0.29, 0.717) is 0 Å². The van der Waals surface area contributed by atoms with Crippen LogP contribution in [0.5, 0.6) is 0 Å². The summed E-state index contributed by atoms with van der Waals surface area (Å²) < 4.78 is 0. The summed E-state index contributed by atoms with van der Waals surface area (Å²) >= 11 is 1.64. The minimum atomic E-state index is 0.936. The Morgan fingerprint density at radius 3 is 2.76 bits per heavy atom. The fraction of sp³-hybridized carbons (Fsp3) is 0.231. The van der Waals surface area contributed by atoms with Crippen LogP contribution >= 0.6 is 11.8 Å². The number of nitrogens with one attached hydrogen (secondary N) is 1. The zero-order valence-electron chi connectivity index (χ0n) is 9.76. The summed E-state index contributed by atoms with van der Waals surface area (Å²) in [6.45, 7) is 3.10. The van der Waals surface area contributed by atoms with Gasteiger partial charge in [-0.3, -0.25) is 4.98 Å². The Kier molecular flexibility index (Phi) is 4.38. The highest BCUT2D eigenvalue weighted by atomic mass is 32.2. The maximum Gasteiger partial charge on any atom is 0.127 e. The molecule has 0 saturated heterocycles. The van der Waals surface area contributed by atoms with Crippen molar-refractivity contribution in [2.45, 2.75) is 23.3 Å². The summed E-state index contributed by atoms with van der Waals surface area (Å²) in [5.41, 5.74) is 0. The molecule has 2 heterocycles. The van der Waals surface area contributed by atoms with Crippen molar-refractivity contribution in [3.63, 3.8) is 0 Å². The van der Waals surface area contributed by atoms with E-state index in [2.05, 4.69) is 22.2 Å². The molecule has 0 saturated carbocycles. The summed E-state index contributed by atoms with van der Waals surface area (Å²) in [5, 5.41) is 4.28. The van der Waals surface area contributed by atoms with Gasteiger partial charge in [0.1, 0.15) is 10.8 Å². The van der Waals surface area contributed by atoms with Gasteiger partial charge in [-0.15, -0.1) is 0 Å². The Morgan fingerprint density at radius 1 is 1.18 bits per heavy atom. The number of pyridine rings is 2. The summed E-state index contributed by atoms with van der Waals surface area (Å²) in [5.74, 6) is 0.936. The van der Waals surface area contributed by atoms with Crippen LogP contribution in [0.25, 0.3) is 0 Å². The minimum absolute atomic E-state index is 0.936. The predicted molar refractivity (Wildman–Crippen MR) is 71.4 cm³/mol. The molecule has 2 rings (SSSR count). The molecule has 1 N–H and O–H groups in total. The van der Waals surface area contributed by atoms with E-state index in [0.717, 1.165) is 28.7 Å². The van der Waals surface area contributed by atoms with Gasteiger partial charge in [-0.2, -0.15) is 0 Å². The summed E-state index contributed by atoms with van der Waals surface area (Å²) in [7, 11) is 0. The number of aromatic nitrogens is 2. The van der Waals surface area contributed by atoms with Crippen LogP contribution in [-0.2, 0) is 0 Å². The standard InChI is InChI=1S/C13H15N3S/c1-2-8-15-12-4-3-5-13(16-12)17-11-6-9-14-10-7-11/h3-7,9-10H,2,8H2,1H3,(H,15,16). The smallest absolute Gasteiger partial charge is 0.127 e. The van der Waals surface area contributed by atoms with E-state index >= 15 is 0 Å². The predicted octanol–water partition coefficient (Wildman–Crippen LogP) is 3.45.